The van der Waals surface area contributed by atoms with Crippen LogP contribution in [0.5, 0.6) is 0 Å². The molecule has 4 rings (SSSR count). The third-order valence-corrected chi connectivity index (χ3v) is 6.29. The van der Waals surface area contributed by atoms with Gasteiger partial charge in [-0.15, -0.1) is 0 Å². The number of rotatable bonds is 6. The van der Waals surface area contributed by atoms with Crippen LogP contribution in [0, 0.1) is 0 Å². The van der Waals surface area contributed by atoms with E-state index in [-0.39, 0.29) is 5.78 Å². The predicted molar refractivity (Wildman–Crippen MR) is 108 cm³/mol. The highest BCUT2D eigenvalue weighted by Gasteiger charge is 2.32. The number of carbonyl (C=O) groups excluding carboxylic acids is 1. The van der Waals surface area contributed by atoms with Gasteiger partial charge in [-0.25, -0.2) is 0 Å². The molecule has 6 heteroatoms. The molecule has 1 heterocycles. The number of aromatic nitrogens is 1. The van der Waals surface area contributed by atoms with Crippen LogP contribution in [0.1, 0.15) is 51.5 Å². The van der Waals surface area contributed by atoms with Crippen molar-refractivity contribution < 1.29 is 13.5 Å². The Hall–Kier alpha value is -2.05. The molecule has 0 bridgehead atoms. The minimum atomic E-state index is -1.09. The minimum absolute atomic E-state index is 0.0734. The summed E-state index contributed by atoms with van der Waals surface area (Å²) in [6.45, 7) is 0. The van der Waals surface area contributed by atoms with E-state index >= 15 is 0 Å². The summed E-state index contributed by atoms with van der Waals surface area (Å²) in [7, 11) is -1.09. The van der Waals surface area contributed by atoms with Gasteiger partial charge in [0.2, 0.25) is 0 Å². The lowest BCUT2D eigenvalue weighted by Gasteiger charge is -2.12. The highest BCUT2D eigenvalue weighted by Crippen LogP contribution is 2.41. The summed E-state index contributed by atoms with van der Waals surface area (Å²) in [5.41, 5.74) is 3.78. The summed E-state index contributed by atoms with van der Waals surface area (Å²) < 4.78 is 18.1. The van der Waals surface area contributed by atoms with Gasteiger partial charge in [0.25, 0.3) is 0 Å². The van der Waals surface area contributed by atoms with Crippen LogP contribution in [0.4, 0.5) is 0 Å². The van der Waals surface area contributed by atoms with Crippen LogP contribution in [-0.4, -0.2) is 21.4 Å². The molecule has 0 radical (unpaired) electrons. The van der Waals surface area contributed by atoms with Gasteiger partial charge in [-0.2, -0.15) is 0 Å². The normalized spacial score (nSPS) is 14.9. The number of benzene rings is 2. The molecule has 1 unspecified atom stereocenters. The van der Waals surface area contributed by atoms with Crippen molar-refractivity contribution in [2.24, 2.45) is 0 Å². The molecule has 4 nitrogen and oxygen atoms in total. The minimum Gasteiger partial charge on any atom is -0.364 e. The highest BCUT2D eigenvalue weighted by molar-refractivity contribution is 9.10. The topological polar surface area (TPSA) is 60.2 Å². The van der Waals surface area contributed by atoms with E-state index in [0.717, 1.165) is 39.0 Å². The standard InChI is InChI=1S/C21H18BrNO3S/c1-27(25)19-5-3-2-4-14(19)10-15-11-16(22)8-9-17(15)21(24)18-12-26-23-20(18)13-6-7-13/h2-5,8-9,11-13H,6-7,10H2,1H3. The molecular weight excluding hydrogens is 426 g/mol. The van der Waals surface area contributed by atoms with E-state index in [0.29, 0.717) is 23.5 Å². The van der Waals surface area contributed by atoms with Crippen LogP contribution in [-0.2, 0) is 17.2 Å². The van der Waals surface area contributed by atoms with Crippen LogP contribution in [0.25, 0.3) is 0 Å². The first-order chi connectivity index (χ1) is 13.0. The van der Waals surface area contributed by atoms with Gasteiger partial charge in [-0.05, 0) is 54.7 Å². The summed E-state index contributed by atoms with van der Waals surface area (Å²) in [4.78, 5) is 14.0. The number of hydrogen-bond donors (Lipinski definition) is 0. The van der Waals surface area contributed by atoms with E-state index in [4.69, 9.17) is 4.52 Å². The third-order valence-electron chi connectivity index (χ3n) is 4.78. The van der Waals surface area contributed by atoms with E-state index in [9.17, 15) is 9.00 Å². The zero-order valence-corrected chi connectivity index (χ0v) is 17.2. The molecule has 1 saturated carbocycles. The third kappa shape index (κ3) is 3.82. The maximum atomic E-state index is 13.2. The van der Waals surface area contributed by atoms with Gasteiger partial charge in [-0.3, -0.25) is 9.00 Å². The van der Waals surface area contributed by atoms with Crippen LogP contribution in [0.15, 0.2) is 62.6 Å². The molecule has 0 spiro atoms. The molecule has 1 aliphatic rings. The fraction of sp³-hybridized carbons (Fsp3) is 0.238. The second-order valence-electron chi connectivity index (χ2n) is 6.76. The highest BCUT2D eigenvalue weighted by atomic mass is 79.9. The van der Waals surface area contributed by atoms with Crippen molar-refractivity contribution in [3.63, 3.8) is 0 Å². The summed E-state index contributed by atoms with van der Waals surface area (Å²) in [6, 6.07) is 13.3. The van der Waals surface area contributed by atoms with Crippen LogP contribution in [0.3, 0.4) is 0 Å². The Bertz CT molecular complexity index is 1040. The van der Waals surface area contributed by atoms with E-state index in [1.165, 1.54) is 6.26 Å². The fourth-order valence-electron chi connectivity index (χ4n) is 3.28. The molecule has 1 atom stereocenters. The average molecular weight is 444 g/mol. The maximum Gasteiger partial charge on any atom is 0.198 e. The van der Waals surface area contributed by atoms with Gasteiger partial charge in [0, 0.05) is 27.1 Å². The first kappa shape index (κ1) is 18.3. The van der Waals surface area contributed by atoms with Crippen molar-refractivity contribution in [1.82, 2.24) is 5.16 Å². The number of carbonyl (C=O) groups is 1. The second-order valence-corrected chi connectivity index (χ2v) is 9.02. The molecule has 1 fully saturated rings. The summed E-state index contributed by atoms with van der Waals surface area (Å²) in [5, 5.41) is 4.05. The first-order valence-corrected chi connectivity index (χ1v) is 11.1. The van der Waals surface area contributed by atoms with Crippen molar-refractivity contribution in [3.05, 3.63) is 81.1 Å². The molecule has 0 saturated heterocycles. The zero-order chi connectivity index (χ0) is 19.0. The van der Waals surface area contributed by atoms with Gasteiger partial charge < -0.3 is 4.52 Å². The summed E-state index contributed by atoms with van der Waals surface area (Å²) in [5.74, 6) is 0.264. The van der Waals surface area contributed by atoms with E-state index in [1.54, 1.807) is 6.26 Å². The number of hydrogen-bond acceptors (Lipinski definition) is 4. The number of nitrogens with zero attached hydrogens (tertiary/aromatic N) is 1. The van der Waals surface area contributed by atoms with Crippen LogP contribution < -0.4 is 0 Å². The molecule has 0 aliphatic heterocycles. The van der Waals surface area contributed by atoms with Crippen LogP contribution in [0.2, 0.25) is 0 Å². The fourth-order valence-corrected chi connectivity index (χ4v) is 4.47. The Labute approximate surface area is 168 Å². The Balaban J connectivity index is 1.74. The predicted octanol–water partition coefficient (Wildman–Crippen LogP) is 4.87. The van der Waals surface area contributed by atoms with E-state index in [2.05, 4.69) is 21.1 Å². The average Bonchev–Trinajstić information content (AvgIpc) is 3.38. The van der Waals surface area contributed by atoms with Gasteiger partial charge >= 0.3 is 0 Å². The van der Waals surface area contributed by atoms with Crippen molar-refractivity contribution >= 4 is 32.5 Å². The largest absolute Gasteiger partial charge is 0.364 e. The van der Waals surface area contributed by atoms with Crippen molar-refractivity contribution in [2.75, 3.05) is 6.26 Å². The van der Waals surface area contributed by atoms with Crippen molar-refractivity contribution in [3.8, 4) is 0 Å². The van der Waals surface area contributed by atoms with Gasteiger partial charge in [-0.1, -0.05) is 39.3 Å². The molecule has 1 aromatic heterocycles. The lowest BCUT2D eigenvalue weighted by atomic mass is 9.94. The van der Waals surface area contributed by atoms with Crippen LogP contribution >= 0.6 is 15.9 Å². The van der Waals surface area contributed by atoms with Crippen molar-refractivity contribution in [2.45, 2.75) is 30.1 Å². The molecule has 3 aromatic rings. The Morgan fingerprint density at radius 3 is 2.70 bits per heavy atom. The first-order valence-electron chi connectivity index (χ1n) is 8.73. The molecular formula is C21H18BrNO3S. The second kappa shape index (κ2) is 7.52. The number of halogens is 1. The van der Waals surface area contributed by atoms with Gasteiger partial charge in [0.15, 0.2) is 5.78 Å². The van der Waals surface area contributed by atoms with Gasteiger partial charge in [0.05, 0.1) is 22.1 Å². The molecule has 27 heavy (non-hydrogen) atoms. The van der Waals surface area contributed by atoms with E-state index in [1.807, 2.05) is 42.5 Å². The SMILES string of the molecule is CS(=O)c1ccccc1Cc1cc(Br)ccc1C(=O)c1conc1C1CC1. The number of ketones is 1. The zero-order valence-electron chi connectivity index (χ0n) is 14.8. The van der Waals surface area contributed by atoms with E-state index < -0.39 is 10.8 Å². The quantitative estimate of drug-likeness (QED) is 0.509. The lowest BCUT2D eigenvalue weighted by molar-refractivity contribution is 0.103. The lowest BCUT2D eigenvalue weighted by Crippen LogP contribution is -2.08. The summed E-state index contributed by atoms with van der Waals surface area (Å²) >= 11 is 3.50. The Morgan fingerprint density at radius 2 is 1.96 bits per heavy atom. The molecule has 1 aliphatic carbocycles. The Morgan fingerprint density at radius 1 is 1.19 bits per heavy atom. The summed E-state index contributed by atoms with van der Waals surface area (Å²) in [6.07, 6.45) is 5.76. The monoisotopic (exact) mass is 443 g/mol. The van der Waals surface area contributed by atoms with Gasteiger partial charge in [0.1, 0.15) is 6.26 Å². The maximum absolute atomic E-state index is 13.2. The molecule has 0 amide bonds. The molecule has 0 N–H and O–H groups in total. The Kier molecular flexibility index (Phi) is 5.10. The smallest absolute Gasteiger partial charge is 0.198 e. The molecule has 138 valence electrons. The van der Waals surface area contributed by atoms with Crippen molar-refractivity contribution in [1.29, 1.82) is 0 Å². The molecule has 2 aromatic carbocycles.